The van der Waals surface area contributed by atoms with Crippen LogP contribution in [0.5, 0.6) is 0 Å². The highest BCUT2D eigenvalue weighted by Gasteiger charge is 2.16. The molecule has 4 aromatic rings. The van der Waals surface area contributed by atoms with Crippen molar-refractivity contribution in [3.8, 4) is 11.1 Å². The molecule has 0 saturated carbocycles. The third-order valence-corrected chi connectivity index (χ3v) is 3.92. The van der Waals surface area contributed by atoms with E-state index in [0.29, 0.717) is 5.69 Å². The molecule has 1 amide bonds. The van der Waals surface area contributed by atoms with Crippen molar-refractivity contribution in [3.05, 3.63) is 90.6 Å². The number of nitrogens with zero attached hydrogens (tertiary/aromatic N) is 2. The molecule has 0 unspecified atom stereocenters. The topological polar surface area (TPSA) is 80.0 Å². The minimum absolute atomic E-state index is 0.0778. The lowest BCUT2D eigenvalue weighted by Gasteiger charge is -2.05. The normalized spacial score (nSPS) is 10.5. The summed E-state index contributed by atoms with van der Waals surface area (Å²) in [5.74, 6) is -1.27. The molecule has 0 aliphatic heterocycles. The summed E-state index contributed by atoms with van der Waals surface area (Å²) in [6, 6.07) is 23.9. The van der Waals surface area contributed by atoms with Crippen LogP contribution in [0.15, 0.2) is 77.2 Å². The van der Waals surface area contributed by atoms with Crippen LogP contribution in [-0.4, -0.2) is 16.1 Å². The Balaban J connectivity index is 1.43. The average Bonchev–Trinajstić information content (AvgIpc) is 3.20. The van der Waals surface area contributed by atoms with Gasteiger partial charge in [0.05, 0.1) is 5.69 Å². The molecule has 0 aliphatic rings. The van der Waals surface area contributed by atoms with Crippen LogP contribution >= 0.6 is 0 Å². The number of hydrogen-bond acceptors (Lipinski definition) is 5. The zero-order valence-electron chi connectivity index (χ0n) is 14.5. The molecule has 0 aliphatic carbocycles. The van der Waals surface area contributed by atoms with E-state index in [0.717, 1.165) is 11.1 Å². The Hall–Kier alpha value is -4.00. The molecule has 0 saturated heterocycles. The summed E-state index contributed by atoms with van der Waals surface area (Å²) in [6.07, 6.45) is 0. The molecule has 28 heavy (non-hydrogen) atoms. The van der Waals surface area contributed by atoms with Crippen molar-refractivity contribution < 1.29 is 13.6 Å². The highest BCUT2D eigenvalue weighted by molar-refractivity contribution is 6.01. The van der Waals surface area contributed by atoms with Crippen molar-refractivity contribution in [2.24, 2.45) is 0 Å². The quantitative estimate of drug-likeness (QED) is 0.531. The van der Waals surface area contributed by atoms with Gasteiger partial charge in [0.2, 0.25) is 0 Å². The minimum Gasteiger partial charge on any atom is -0.399 e. The first-order chi connectivity index (χ1) is 13.7. The third kappa shape index (κ3) is 3.88. The number of carbonyl (C=O) groups is 1. The van der Waals surface area contributed by atoms with Crippen LogP contribution < -0.4 is 10.6 Å². The minimum atomic E-state index is -0.560. The van der Waals surface area contributed by atoms with Gasteiger partial charge in [-0.3, -0.25) is 4.79 Å². The van der Waals surface area contributed by atoms with Gasteiger partial charge in [-0.1, -0.05) is 47.6 Å². The van der Waals surface area contributed by atoms with Gasteiger partial charge in [0.25, 0.3) is 0 Å². The predicted octanol–water partition coefficient (Wildman–Crippen LogP) is 4.67. The Kier molecular flexibility index (Phi) is 4.79. The summed E-state index contributed by atoms with van der Waals surface area (Å²) >= 11 is 0. The molecule has 1 radical (unpaired) electrons. The van der Waals surface area contributed by atoms with E-state index in [2.05, 4.69) is 26.9 Å². The number of hydrogen-bond donors (Lipinski definition) is 2. The first-order valence-corrected chi connectivity index (χ1v) is 8.42. The maximum atomic E-state index is 13.6. The molecule has 1 aromatic heterocycles. The van der Waals surface area contributed by atoms with Crippen LogP contribution in [0, 0.1) is 11.9 Å². The molecule has 4 rings (SSSR count). The molecule has 6 nitrogen and oxygen atoms in total. The van der Waals surface area contributed by atoms with Gasteiger partial charge in [-0.25, -0.2) is 4.39 Å². The molecule has 1 heterocycles. The lowest BCUT2D eigenvalue weighted by Crippen LogP contribution is -2.12. The zero-order chi connectivity index (χ0) is 19.3. The van der Waals surface area contributed by atoms with E-state index in [1.807, 2.05) is 36.4 Å². The number of halogens is 1. The van der Waals surface area contributed by atoms with E-state index < -0.39 is 11.7 Å². The summed E-state index contributed by atoms with van der Waals surface area (Å²) in [6.45, 7) is 0. The fourth-order valence-electron chi connectivity index (χ4n) is 2.55. The van der Waals surface area contributed by atoms with Gasteiger partial charge < -0.3 is 15.1 Å². The molecule has 0 fully saturated rings. The molecular weight excluding hydrogens is 359 g/mol. The molecule has 7 heteroatoms. The predicted molar refractivity (Wildman–Crippen MR) is 103 cm³/mol. The number of rotatable bonds is 5. The first kappa shape index (κ1) is 17.4. The van der Waals surface area contributed by atoms with E-state index in [4.69, 9.17) is 4.42 Å². The summed E-state index contributed by atoms with van der Waals surface area (Å²) in [5, 5.41) is 12.7. The van der Waals surface area contributed by atoms with Crippen LogP contribution in [0.3, 0.4) is 0 Å². The lowest BCUT2D eigenvalue weighted by atomic mass is 10.1. The van der Waals surface area contributed by atoms with Crippen molar-refractivity contribution in [1.29, 1.82) is 0 Å². The Labute approximate surface area is 160 Å². The van der Waals surface area contributed by atoms with Crippen LogP contribution in [0.2, 0.25) is 0 Å². The number of amides is 1. The number of carbonyl (C=O) groups excluding carboxylic acids is 1. The highest BCUT2D eigenvalue weighted by atomic mass is 19.1. The molecule has 0 spiro atoms. The number of para-hydroxylation sites is 1. The van der Waals surface area contributed by atoms with Crippen LogP contribution in [-0.2, 0) is 0 Å². The van der Waals surface area contributed by atoms with Crippen molar-refractivity contribution in [2.75, 3.05) is 10.6 Å². The smallest absolute Gasteiger partial charge is 0.320 e. The standard InChI is InChI=1S/C21H14FN4O2/c22-17-8-4-5-9-18(17)24-21-26-25-20(28-21)19(27)23-16-12-10-15(11-13-16)14-6-2-1-3-7-14/h1-2,4-13H,(H,23,27)(H,24,26). The summed E-state index contributed by atoms with van der Waals surface area (Å²) in [5.41, 5.74) is 2.78. The Morgan fingerprint density at radius 1 is 0.964 bits per heavy atom. The van der Waals surface area contributed by atoms with Crippen molar-refractivity contribution >= 4 is 23.3 Å². The van der Waals surface area contributed by atoms with E-state index in [1.165, 1.54) is 12.1 Å². The van der Waals surface area contributed by atoms with Gasteiger partial charge in [0.1, 0.15) is 5.82 Å². The van der Waals surface area contributed by atoms with Crippen LogP contribution in [0.4, 0.5) is 21.8 Å². The molecular formula is C21H14FN4O2. The summed E-state index contributed by atoms with van der Waals surface area (Å²) in [4.78, 5) is 12.3. The van der Waals surface area contributed by atoms with Crippen molar-refractivity contribution in [3.63, 3.8) is 0 Å². The molecule has 2 N–H and O–H groups in total. The first-order valence-electron chi connectivity index (χ1n) is 8.42. The van der Waals surface area contributed by atoms with E-state index in [9.17, 15) is 9.18 Å². The molecule has 3 aromatic carbocycles. The Bertz CT molecular complexity index is 1090. The van der Waals surface area contributed by atoms with E-state index in [-0.39, 0.29) is 17.6 Å². The van der Waals surface area contributed by atoms with Gasteiger partial charge >= 0.3 is 17.8 Å². The second kappa shape index (κ2) is 7.71. The third-order valence-electron chi connectivity index (χ3n) is 3.92. The largest absolute Gasteiger partial charge is 0.399 e. The SMILES string of the molecule is O=C(Nc1ccc(-c2c[c]ccc2)cc1)c1nnc(Nc2ccccc2F)o1. The van der Waals surface area contributed by atoms with Crippen LogP contribution in [0.1, 0.15) is 10.7 Å². The second-order valence-electron chi connectivity index (χ2n) is 5.84. The van der Waals surface area contributed by atoms with Gasteiger partial charge in [-0.05, 0) is 47.5 Å². The summed E-state index contributed by atoms with van der Waals surface area (Å²) in [7, 11) is 0. The molecule has 0 atom stereocenters. The molecule has 137 valence electrons. The number of benzene rings is 3. The number of aromatic nitrogens is 2. The fraction of sp³-hybridized carbons (Fsp3) is 0. The second-order valence-corrected chi connectivity index (χ2v) is 5.84. The highest BCUT2D eigenvalue weighted by Crippen LogP contribution is 2.22. The molecule has 0 bridgehead atoms. The summed E-state index contributed by atoms with van der Waals surface area (Å²) < 4.78 is 18.9. The van der Waals surface area contributed by atoms with E-state index in [1.54, 1.807) is 24.3 Å². The van der Waals surface area contributed by atoms with Crippen molar-refractivity contribution in [1.82, 2.24) is 10.2 Å². The van der Waals surface area contributed by atoms with Gasteiger partial charge in [0.15, 0.2) is 0 Å². The monoisotopic (exact) mass is 373 g/mol. The van der Waals surface area contributed by atoms with Gasteiger partial charge in [-0.15, -0.1) is 5.10 Å². The zero-order valence-corrected chi connectivity index (χ0v) is 14.5. The Morgan fingerprint density at radius 2 is 1.79 bits per heavy atom. The lowest BCUT2D eigenvalue weighted by molar-refractivity contribution is 0.0991. The van der Waals surface area contributed by atoms with Gasteiger partial charge in [0, 0.05) is 5.69 Å². The van der Waals surface area contributed by atoms with E-state index >= 15 is 0 Å². The average molecular weight is 373 g/mol. The maximum absolute atomic E-state index is 13.6. The fourth-order valence-corrected chi connectivity index (χ4v) is 2.55. The van der Waals surface area contributed by atoms with Crippen molar-refractivity contribution in [2.45, 2.75) is 0 Å². The van der Waals surface area contributed by atoms with Gasteiger partial charge in [-0.2, -0.15) is 0 Å². The number of nitrogens with one attached hydrogen (secondary N) is 2. The maximum Gasteiger partial charge on any atom is 0.320 e. The Morgan fingerprint density at radius 3 is 2.54 bits per heavy atom. The van der Waals surface area contributed by atoms with Crippen LogP contribution in [0.25, 0.3) is 11.1 Å². The number of anilines is 3.